The summed E-state index contributed by atoms with van der Waals surface area (Å²) in [7, 11) is 0. The highest BCUT2D eigenvalue weighted by atomic mass is 32.1. The SMILES string of the molecule is [O-]/C(=C(\C(=S)NCc1ccco1)[n+]1cccc(CO)c1)c1ccc(F)cc1. The first kappa shape index (κ1) is 18.8. The van der Waals surface area contributed by atoms with Crippen LogP contribution in [0.5, 0.6) is 0 Å². The number of pyridine rings is 1. The molecule has 138 valence electrons. The van der Waals surface area contributed by atoms with Gasteiger partial charge in [-0.25, -0.2) is 4.39 Å². The first-order chi connectivity index (χ1) is 13.1. The number of nitrogens with zero attached hydrogens (tertiary/aromatic N) is 1. The van der Waals surface area contributed by atoms with Crippen molar-refractivity contribution in [2.45, 2.75) is 13.2 Å². The van der Waals surface area contributed by atoms with Crippen LogP contribution < -0.4 is 15.0 Å². The van der Waals surface area contributed by atoms with Crippen LogP contribution in [0.15, 0.2) is 71.6 Å². The molecule has 0 spiro atoms. The van der Waals surface area contributed by atoms with Gasteiger partial charge in [0, 0.05) is 11.6 Å². The monoisotopic (exact) mass is 384 g/mol. The number of furan rings is 1. The maximum absolute atomic E-state index is 13.2. The predicted molar refractivity (Wildman–Crippen MR) is 100 cm³/mol. The molecule has 0 aliphatic rings. The molecule has 7 heteroatoms. The number of thiocarbonyl (C=S) groups is 1. The topological polar surface area (TPSA) is 72.3 Å². The van der Waals surface area contributed by atoms with Gasteiger partial charge in [0.25, 0.3) is 0 Å². The molecule has 0 aliphatic carbocycles. The number of hydrogen-bond donors (Lipinski definition) is 2. The Morgan fingerprint density at radius 2 is 1.96 bits per heavy atom. The number of aliphatic hydroxyl groups is 1. The van der Waals surface area contributed by atoms with Gasteiger partial charge in [0.1, 0.15) is 11.6 Å². The van der Waals surface area contributed by atoms with E-state index in [4.69, 9.17) is 16.6 Å². The van der Waals surface area contributed by atoms with Crippen LogP contribution >= 0.6 is 12.2 Å². The molecule has 0 radical (unpaired) electrons. The van der Waals surface area contributed by atoms with E-state index in [0.29, 0.717) is 23.4 Å². The van der Waals surface area contributed by atoms with Crippen LogP contribution in [0.3, 0.4) is 0 Å². The van der Waals surface area contributed by atoms with E-state index in [0.717, 1.165) is 0 Å². The molecule has 0 bridgehead atoms. The molecule has 27 heavy (non-hydrogen) atoms. The molecule has 2 N–H and O–H groups in total. The standard InChI is InChI=1S/C20H17FN2O3S/c21-16-7-5-15(6-8-16)19(25)18(23-9-1-3-14(12-23)13-24)20(27)22-11-17-4-2-10-26-17/h1-10,12,24H,11,13H2,(H-,22,25,27). The van der Waals surface area contributed by atoms with E-state index < -0.39 is 5.82 Å². The molecule has 0 aliphatic heterocycles. The second-order valence-electron chi connectivity index (χ2n) is 5.72. The van der Waals surface area contributed by atoms with Crippen molar-refractivity contribution in [3.8, 4) is 0 Å². The lowest BCUT2D eigenvalue weighted by molar-refractivity contribution is -0.578. The molecule has 3 aromatic rings. The van der Waals surface area contributed by atoms with Gasteiger partial charge in [-0.3, -0.25) is 0 Å². The number of nitrogens with one attached hydrogen (secondary N) is 1. The molecule has 0 saturated heterocycles. The fraction of sp³-hybridized carbons (Fsp3) is 0.100. The van der Waals surface area contributed by atoms with Crippen molar-refractivity contribution < 1.29 is 23.6 Å². The molecular weight excluding hydrogens is 367 g/mol. The summed E-state index contributed by atoms with van der Waals surface area (Å²) in [6.07, 6.45) is 4.84. The summed E-state index contributed by atoms with van der Waals surface area (Å²) in [5, 5.41) is 25.5. The number of hydrogen-bond acceptors (Lipinski definition) is 4. The van der Waals surface area contributed by atoms with Crippen LogP contribution in [0.1, 0.15) is 16.9 Å². The van der Waals surface area contributed by atoms with Crippen molar-refractivity contribution in [3.63, 3.8) is 0 Å². The van der Waals surface area contributed by atoms with Crippen LogP contribution in [0.4, 0.5) is 4.39 Å². The molecule has 0 amide bonds. The van der Waals surface area contributed by atoms with Crippen LogP contribution in [0.25, 0.3) is 11.5 Å². The third-order valence-electron chi connectivity index (χ3n) is 3.84. The molecule has 0 unspecified atom stereocenters. The third kappa shape index (κ3) is 4.58. The first-order valence-corrected chi connectivity index (χ1v) is 8.58. The Balaban J connectivity index is 2.00. The molecule has 2 heterocycles. The van der Waals surface area contributed by atoms with E-state index in [9.17, 15) is 14.6 Å². The zero-order valence-corrected chi connectivity index (χ0v) is 15.1. The second kappa shape index (κ2) is 8.57. The third-order valence-corrected chi connectivity index (χ3v) is 4.18. The summed E-state index contributed by atoms with van der Waals surface area (Å²) in [6.45, 7) is 0.137. The van der Waals surface area contributed by atoms with Crippen molar-refractivity contribution >= 4 is 28.7 Å². The summed E-state index contributed by atoms with van der Waals surface area (Å²) in [4.78, 5) is 0.209. The molecule has 3 rings (SSSR count). The fourth-order valence-corrected chi connectivity index (χ4v) is 2.77. The number of aromatic nitrogens is 1. The summed E-state index contributed by atoms with van der Waals surface area (Å²) in [5.41, 5.74) is 1.12. The minimum absolute atomic E-state index is 0.175. The predicted octanol–water partition coefficient (Wildman–Crippen LogP) is 2.00. The van der Waals surface area contributed by atoms with E-state index >= 15 is 0 Å². The molecule has 0 fully saturated rings. The lowest BCUT2D eigenvalue weighted by atomic mass is 10.1. The van der Waals surface area contributed by atoms with Gasteiger partial charge in [-0.05, 0) is 41.7 Å². The van der Waals surface area contributed by atoms with Crippen LogP contribution in [0.2, 0.25) is 0 Å². The van der Waals surface area contributed by atoms with Gasteiger partial charge in [0.2, 0.25) is 5.70 Å². The van der Waals surface area contributed by atoms with Crippen molar-refractivity contribution in [2.75, 3.05) is 0 Å². The molecule has 5 nitrogen and oxygen atoms in total. The number of aliphatic hydroxyl groups excluding tert-OH is 1. The Kier molecular flexibility index (Phi) is 5.95. The van der Waals surface area contributed by atoms with Crippen LogP contribution in [-0.2, 0) is 13.2 Å². The van der Waals surface area contributed by atoms with Crippen molar-refractivity contribution in [1.82, 2.24) is 5.32 Å². The van der Waals surface area contributed by atoms with Crippen molar-refractivity contribution in [2.24, 2.45) is 0 Å². The van der Waals surface area contributed by atoms with Crippen molar-refractivity contribution in [3.05, 3.63) is 89.9 Å². The highest BCUT2D eigenvalue weighted by Crippen LogP contribution is 2.16. The lowest BCUT2D eigenvalue weighted by Gasteiger charge is -2.17. The molecule has 0 atom stereocenters. The summed E-state index contributed by atoms with van der Waals surface area (Å²) < 4.78 is 20.0. The number of halogens is 1. The Bertz CT molecular complexity index is 954. The van der Waals surface area contributed by atoms with Crippen LogP contribution in [0, 0.1) is 5.82 Å². The van der Waals surface area contributed by atoms with E-state index in [1.807, 2.05) is 0 Å². The number of benzene rings is 1. The van der Waals surface area contributed by atoms with Gasteiger partial charge in [-0.15, -0.1) is 0 Å². The summed E-state index contributed by atoms with van der Waals surface area (Å²) in [5.74, 6) is -0.131. The van der Waals surface area contributed by atoms with Gasteiger partial charge in [0.05, 0.1) is 19.4 Å². The molecule has 1 aromatic carbocycles. The van der Waals surface area contributed by atoms with Gasteiger partial charge < -0.3 is 19.9 Å². The largest absolute Gasteiger partial charge is 0.867 e. The van der Waals surface area contributed by atoms with Crippen LogP contribution in [-0.4, -0.2) is 10.1 Å². The summed E-state index contributed by atoms with van der Waals surface area (Å²) >= 11 is 5.44. The Morgan fingerprint density at radius 3 is 2.63 bits per heavy atom. The zero-order valence-electron chi connectivity index (χ0n) is 14.3. The average molecular weight is 384 g/mol. The molecule has 2 aromatic heterocycles. The zero-order chi connectivity index (χ0) is 19.2. The van der Waals surface area contributed by atoms with Gasteiger partial charge in [0.15, 0.2) is 17.4 Å². The molecule has 0 saturated carbocycles. The normalized spacial score (nSPS) is 11.8. The highest BCUT2D eigenvalue weighted by molar-refractivity contribution is 7.81. The minimum Gasteiger partial charge on any atom is -0.867 e. The van der Waals surface area contributed by atoms with E-state index in [1.54, 1.807) is 47.5 Å². The van der Waals surface area contributed by atoms with Gasteiger partial charge in [-0.1, -0.05) is 24.4 Å². The average Bonchev–Trinajstić information content (AvgIpc) is 3.21. The van der Waals surface area contributed by atoms with E-state index in [2.05, 4.69) is 5.32 Å². The Hall–Kier alpha value is -3.03. The molecular formula is C20H17FN2O3S. The highest BCUT2D eigenvalue weighted by Gasteiger charge is 2.19. The van der Waals surface area contributed by atoms with Gasteiger partial charge in [-0.2, -0.15) is 4.57 Å². The lowest BCUT2D eigenvalue weighted by Crippen LogP contribution is -2.42. The number of rotatable bonds is 6. The van der Waals surface area contributed by atoms with Crippen molar-refractivity contribution in [1.29, 1.82) is 0 Å². The Morgan fingerprint density at radius 1 is 1.19 bits per heavy atom. The first-order valence-electron chi connectivity index (χ1n) is 8.17. The van der Waals surface area contributed by atoms with Gasteiger partial charge >= 0.3 is 0 Å². The fourth-order valence-electron chi connectivity index (χ4n) is 2.50. The maximum atomic E-state index is 13.2. The Labute approximate surface area is 161 Å². The quantitative estimate of drug-likeness (QED) is 0.294. The smallest absolute Gasteiger partial charge is 0.237 e. The minimum atomic E-state index is -0.429. The summed E-state index contributed by atoms with van der Waals surface area (Å²) in [6, 6.07) is 12.2. The second-order valence-corrected chi connectivity index (χ2v) is 6.13. The van der Waals surface area contributed by atoms with E-state index in [-0.39, 0.29) is 23.1 Å². The maximum Gasteiger partial charge on any atom is 0.237 e. The van der Waals surface area contributed by atoms with E-state index in [1.165, 1.54) is 24.3 Å².